The lowest BCUT2D eigenvalue weighted by atomic mass is 9.77. The first-order chi connectivity index (χ1) is 11.7. The van der Waals surface area contributed by atoms with Gasteiger partial charge in [-0.3, -0.25) is 9.59 Å². The molecular formula is C19H32N2O3. The molecule has 0 aromatic rings. The van der Waals surface area contributed by atoms with E-state index < -0.39 is 0 Å². The van der Waals surface area contributed by atoms with E-state index in [-0.39, 0.29) is 29.8 Å². The lowest BCUT2D eigenvalue weighted by molar-refractivity contribution is -0.148. The fourth-order valence-corrected chi connectivity index (χ4v) is 4.52. The summed E-state index contributed by atoms with van der Waals surface area (Å²) in [6.07, 6.45) is 9.61. The average Bonchev–Trinajstić information content (AvgIpc) is 3.16. The van der Waals surface area contributed by atoms with Gasteiger partial charge >= 0.3 is 0 Å². The number of amides is 2. The van der Waals surface area contributed by atoms with Crippen LogP contribution in [0.3, 0.4) is 0 Å². The molecule has 0 unspecified atom stereocenters. The number of hydrogen-bond donors (Lipinski definition) is 0. The highest BCUT2D eigenvalue weighted by Crippen LogP contribution is 2.33. The van der Waals surface area contributed by atoms with Gasteiger partial charge in [-0.2, -0.15) is 0 Å². The molecule has 3 aliphatic rings. The fraction of sp³-hybridized carbons (Fsp3) is 0.895. The van der Waals surface area contributed by atoms with E-state index in [1.807, 2.05) is 16.8 Å². The highest BCUT2D eigenvalue weighted by Gasteiger charge is 2.39. The summed E-state index contributed by atoms with van der Waals surface area (Å²) in [5, 5.41) is 0. The predicted octanol–water partition coefficient (Wildman–Crippen LogP) is 2.44. The van der Waals surface area contributed by atoms with Crippen LogP contribution in [0.1, 0.15) is 57.8 Å². The van der Waals surface area contributed by atoms with Gasteiger partial charge in [-0.15, -0.1) is 0 Å². The molecule has 1 saturated carbocycles. The quantitative estimate of drug-likeness (QED) is 0.792. The van der Waals surface area contributed by atoms with Gasteiger partial charge in [-0.25, -0.2) is 0 Å². The molecule has 3 rings (SSSR count). The maximum Gasteiger partial charge on any atom is 0.226 e. The smallest absolute Gasteiger partial charge is 0.226 e. The number of rotatable bonds is 4. The first-order valence-corrected chi connectivity index (χ1v) is 9.82. The summed E-state index contributed by atoms with van der Waals surface area (Å²) < 4.78 is 5.77. The van der Waals surface area contributed by atoms with Crippen molar-refractivity contribution in [3.63, 3.8) is 0 Å². The van der Waals surface area contributed by atoms with Crippen LogP contribution in [0.2, 0.25) is 0 Å². The zero-order chi connectivity index (χ0) is 16.9. The van der Waals surface area contributed by atoms with E-state index in [9.17, 15) is 9.59 Å². The zero-order valence-corrected chi connectivity index (χ0v) is 15.0. The Morgan fingerprint density at radius 1 is 0.958 bits per heavy atom. The molecule has 2 aliphatic heterocycles. The molecule has 0 radical (unpaired) electrons. The summed E-state index contributed by atoms with van der Waals surface area (Å²) in [6.45, 7) is 3.23. The third kappa shape index (κ3) is 4.11. The topological polar surface area (TPSA) is 49.9 Å². The molecule has 5 heteroatoms. The maximum atomic E-state index is 13.0. The largest absolute Gasteiger partial charge is 0.376 e. The second kappa shape index (κ2) is 8.32. The number of nitrogens with zero attached hydrogens (tertiary/aromatic N) is 2. The molecule has 2 amide bonds. The third-order valence-electron chi connectivity index (χ3n) is 5.95. The van der Waals surface area contributed by atoms with Crippen LogP contribution in [0.15, 0.2) is 0 Å². The van der Waals surface area contributed by atoms with E-state index in [0.717, 1.165) is 71.1 Å². The van der Waals surface area contributed by atoms with Crippen LogP contribution >= 0.6 is 0 Å². The van der Waals surface area contributed by atoms with Crippen molar-refractivity contribution in [1.29, 1.82) is 0 Å². The van der Waals surface area contributed by atoms with E-state index in [0.29, 0.717) is 6.54 Å². The molecule has 3 fully saturated rings. The molecule has 0 N–H and O–H groups in total. The SMILES string of the molecule is CN(C[C@@H]1CCCCO1)C(=O)[C@@H]1CCCC[C@H]1C(=O)N1CCCC1. The van der Waals surface area contributed by atoms with Crippen molar-refractivity contribution in [3.05, 3.63) is 0 Å². The molecule has 5 nitrogen and oxygen atoms in total. The van der Waals surface area contributed by atoms with E-state index in [4.69, 9.17) is 4.74 Å². The first-order valence-electron chi connectivity index (χ1n) is 9.82. The Balaban J connectivity index is 1.60. The van der Waals surface area contributed by atoms with Crippen molar-refractivity contribution >= 4 is 11.8 Å². The van der Waals surface area contributed by atoms with Crippen LogP contribution in [-0.4, -0.2) is 61.0 Å². The van der Waals surface area contributed by atoms with Gasteiger partial charge in [0.25, 0.3) is 0 Å². The van der Waals surface area contributed by atoms with E-state index >= 15 is 0 Å². The average molecular weight is 336 g/mol. The zero-order valence-electron chi connectivity index (χ0n) is 15.0. The predicted molar refractivity (Wildman–Crippen MR) is 92.5 cm³/mol. The van der Waals surface area contributed by atoms with Gasteiger partial charge in [-0.1, -0.05) is 12.8 Å². The minimum atomic E-state index is -0.125. The summed E-state index contributed by atoms with van der Waals surface area (Å²) in [7, 11) is 1.88. The Hall–Kier alpha value is -1.10. The first kappa shape index (κ1) is 17.7. The molecule has 1 aliphatic carbocycles. The summed E-state index contributed by atoms with van der Waals surface area (Å²) in [5.41, 5.74) is 0. The second-order valence-corrected chi connectivity index (χ2v) is 7.74. The van der Waals surface area contributed by atoms with Gasteiger partial charge in [0.2, 0.25) is 11.8 Å². The monoisotopic (exact) mass is 336 g/mol. The van der Waals surface area contributed by atoms with Crippen molar-refractivity contribution in [3.8, 4) is 0 Å². The highest BCUT2D eigenvalue weighted by molar-refractivity contribution is 5.88. The molecule has 0 spiro atoms. The van der Waals surface area contributed by atoms with Crippen LogP contribution in [0.25, 0.3) is 0 Å². The summed E-state index contributed by atoms with van der Waals surface area (Å²) in [5.74, 6) is 0.161. The standard InChI is InChI=1S/C19H32N2O3/c1-20(14-15-8-4-7-13-24-15)18(22)16-9-2-3-10-17(16)19(23)21-11-5-6-12-21/h15-17H,2-14H2,1H3/t15-,16+,17+/m0/s1. The molecule has 2 saturated heterocycles. The van der Waals surface area contributed by atoms with Gasteiger partial charge in [0.15, 0.2) is 0 Å². The fourth-order valence-electron chi connectivity index (χ4n) is 4.52. The van der Waals surface area contributed by atoms with Crippen LogP contribution in [0, 0.1) is 11.8 Å². The molecule has 24 heavy (non-hydrogen) atoms. The van der Waals surface area contributed by atoms with Gasteiger partial charge < -0.3 is 14.5 Å². The van der Waals surface area contributed by atoms with Crippen LogP contribution in [0.5, 0.6) is 0 Å². The summed E-state index contributed by atoms with van der Waals surface area (Å²) in [6, 6.07) is 0. The Kier molecular flexibility index (Phi) is 6.14. The van der Waals surface area contributed by atoms with E-state index in [1.54, 1.807) is 0 Å². The minimum Gasteiger partial charge on any atom is -0.376 e. The van der Waals surface area contributed by atoms with Crippen LogP contribution < -0.4 is 0 Å². The van der Waals surface area contributed by atoms with Crippen molar-refractivity contribution in [2.45, 2.75) is 63.9 Å². The third-order valence-corrected chi connectivity index (χ3v) is 5.95. The number of carbonyl (C=O) groups excluding carboxylic acids is 2. The Labute approximate surface area is 145 Å². The lowest BCUT2D eigenvalue weighted by Crippen LogP contribution is -2.47. The van der Waals surface area contributed by atoms with Crippen molar-refractivity contribution in [2.75, 3.05) is 33.3 Å². The van der Waals surface area contributed by atoms with Gasteiger partial charge in [0.1, 0.15) is 0 Å². The normalized spacial score (nSPS) is 31.0. The second-order valence-electron chi connectivity index (χ2n) is 7.74. The number of likely N-dealkylation sites (tertiary alicyclic amines) is 1. The summed E-state index contributed by atoms with van der Waals surface area (Å²) >= 11 is 0. The minimum absolute atomic E-state index is 0.0981. The molecule has 136 valence electrons. The lowest BCUT2D eigenvalue weighted by Gasteiger charge is -2.36. The Morgan fingerprint density at radius 3 is 2.29 bits per heavy atom. The number of carbonyl (C=O) groups is 2. The summed E-state index contributed by atoms with van der Waals surface area (Å²) in [4.78, 5) is 29.7. The Morgan fingerprint density at radius 2 is 1.62 bits per heavy atom. The number of likely N-dealkylation sites (N-methyl/N-ethyl adjacent to an activating group) is 1. The van der Waals surface area contributed by atoms with Crippen molar-refractivity contribution in [1.82, 2.24) is 9.80 Å². The van der Waals surface area contributed by atoms with Crippen molar-refractivity contribution in [2.24, 2.45) is 11.8 Å². The Bertz CT molecular complexity index is 442. The highest BCUT2D eigenvalue weighted by atomic mass is 16.5. The van der Waals surface area contributed by atoms with Gasteiger partial charge in [0.05, 0.1) is 6.10 Å². The molecule has 2 heterocycles. The molecule has 0 bridgehead atoms. The molecular weight excluding hydrogens is 304 g/mol. The molecule has 0 aromatic carbocycles. The molecule has 3 atom stereocenters. The van der Waals surface area contributed by atoms with Gasteiger partial charge in [0, 0.05) is 45.1 Å². The number of hydrogen-bond acceptors (Lipinski definition) is 3. The maximum absolute atomic E-state index is 13.0. The van der Waals surface area contributed by atoms with Crippen LogP contribution in [-0.2, 0) is 14.3 Å². The van der Waals surface area contributed by atoms with Crippen molar-refractivity contribution < 1.29 is 14.3 Å². The van der Waals surface area contributed by atoms with E-state index in [2.05, 4.69) is 0 Å². The molecule has 0 aromatic heterocycles. The number of ether oxygens (including phenoxy) is 1. The van der Waals surface area contributed by atoms with Crippen LogP contribution in [0.4, 0.5) is 0 Å². The van der Waals surface area contributed by atoms with Gasteiger partial charge in [-0.05, 0) is 44.9 Å². The van der Waals surface area contributed by atoms with E-state index in [1.165, 1.54) is 6.42 Å².